The van der Waals surface area contributed by atoms with Gasteiger partial charge in [-0.25, -0.2) is 9.38 Å². The summed E-state index contributed by atoms with van der Waals surface area (Å²) in [5.74, 6) is 0.340. The fourth-order valence-corrected chi connectivity index (χ4v) is 2.94. The Kier molecular flexibility index (Phi) is 5.16. The standard InChI is InChI=1S/C18H19BrFN3O/c1-24-10-12-4-2-3-5-16(12)22-18(21)23-17-9-13(17)11-6-7-14(19)15(20)8-11/h2-8,13,17H,9-10H2,1H3,(H3,21,22,23)/t13-,17+/m0/s1. The summed E-state index contributed by atoms with van der Waals surface area (Å²) in [5, 5.41) is 3.13. The van der Waals surface area contributed by atoms with Crippen LogP contribution >= 0.6 is 15.9 Å². The Morgan fingerprint density at radius 1 is 1.38 bits per heavy atom. The minimum Gasteiger partial charge on any atom is -0.380 e. The zero-order chi connectivity index (χ0) is 17.1. The first-order chi connectivity index (χ1) is 11.6. The first kappa shape index (κ1) is 16.9. The normalized spacial score (nSPS) is 20.0. The first-order valence-corrected chi connectivity index (χ1v) is 8.50. The summed E-state index contributed by atoms with van der Waals surface area (Å²) in [5.41, 5.74) is 8.87. The molecule has 1 saturated carbocycles. The van der Waals surface area contributed by atoms with E-state index in [1.54, 1.807) is 19.2 Å². The van der Waals surface area contributed by atoms with E-state index in [-0.39, 0.29) is 17.8 Å². The van der Waals surface area contributed by atoms with E-state index in [0.29, 0.717) is 17.0 Å². The second-order valence-electron chi connectivity index (χ2n) is 5.81. The molecule has 3 N–H and O–H groups in total. The average Bonchev–Trinajstić information content (AvgIpc) is 3.31. The Labute approximate surface area is 149 Å². The van der Waals surface area contributed by atoms with Gasteiger partial charge >= 0.3 is 0 Å². The van der Waals surface area contributed by atoms with Crippen molar-refractivity contribution in [2.24, 2.45) is 10.7 Å². The van der Waals surface area contributed by atoms with E-state index in [1.807, 2.05) is 30.3 Å². The van der Waals surface area contributed by atoms with Gasteiger partial charge in [0, 0.05) is 24.3 Å². The van der Waals surface area contributed by atoms with Crippen molar-refractivity contribution in [1.29, 1.82) is 0 Å². The Hall–Kier alpha value is -1.92. The lowest BCUT2D eigenvalue weighted by molar-refractivity contribution is 0.185. The average molecular weight is 392 g/mol. The fraction of sp³-hybridized carbons (Fsp3) is 0.278. The predicted molar refractivity (Wildman–Crippen MR) is 97.6 cm³/mol. The smallest absolute Gasteiger partial charge is 0.193 e. The van der Waals surface area contributed by atoms with Gasteiger partial charge in [-0.05, 0) is 46.1 Å². The number of benzene rings is 2. The van der Waals surface area contributed by atoms with Gasteiger partial charge in [0.15, 0.2) is 5.96 Å². The van der Waals surface area contributed by atoms with Gasteiger partial charge in [0.2, 0.25) is 0 Å². The van der Waals surface area contributed by atoms with E-state index in [2.05, 4.69) is 26.2 Å². The van der Waals surface area contributed by atoms with Crippen molar-refractivity contribution < 1.29 is 9.13 Å². The summed E-state index contributed by atoms with van der Waals surface area (Å²) in [6.45, 7) is 0.501. The van der Waals surface area contributed by atoms with Crippen LogP contribution in [0.15, 0.2) is 51.9 Å². The van der Waals surface area contributed by atoms with Crippen LogP contribution in [0.1, 0.15) is 23.5 Å². The summed E-state index contributed by atoms with van der Waals surface area (Å²) in [4.78, 5) is 4.50. The van der Waals surface area contributed by atoms with Crippen LogP contribution in [0, 0.1) is 5.82 Å². The molecular formula is C18H19BrFN3O. The van der Waals surface area contributed by atoms with Crippen LogP contribution in [0.3, 0.4) is 0 Å². The molecular weight excluding hydrogens is 373 g/mol. The molecule has 2 atom stereocenters. The van der Waals surface area contributed by atoms with Crippen molar-refractivity contribution in [3.05, 3.63) is 63.9 Å². The monoisotopic (exact) mass is 391 g/mol. The zero-order valence-electron chi connectivity index (χ0n) is 13.3. The second kappa shape index (κ2) is 7.32. The summed E-state index contributed by atoms with van der Waals surface area (Å²) in [7, 11) is 1.65. The molecule has 0 spiro atoms. The molecule has 0 aliphatic heterocycles. The highest BCUT2D eigenvalue weighted by Crippen LogP contribution is 2.44. The lowest BCUT2D eigenvalue weighted by atomic mass is 10.1. The van der Waals surface area contributed by atoms with Crippen molar-refractivity contribution in [2.75, 3.05) is 12.4 Å². The Morgan fingerprint density at radius 3 is 2.92 bits per heavy atom. The van der Waals surface area contributed by atoms with Gasteiger partial charge in [-0.2, -0.15) is 0 Å². The van der Waals surface area contributed by atoms with Crippen LogP contribution in [0.5, 0.6) is 0 Å². The number of aliphatic imine (C=N–C) groups is 1. The van der Waals surface area contributed by atoms with Crippen molar-refractivity contribution in [3.8, 4) is 0 Å². The van der Waals surface area contributed by atoms with E-state index in [4.69, 9.17) is 10.5 Å². The van der Waals surface area contributed by atoms with Crippen molar-refractivity contribution >= 4 is 27.6 Å². The van der Waals surface area contributed by atoms with Crippen LogP contribution in [-0.2, 0) is 11.3 Å². The molecule has 1 aliphatic rings. The second-order valence-corrected chi connectivity index (χ2v) is 6.67. The zero-order valence-corrected chi connectivity index (χ0v) is 14.9. The van der Waals surface area contributed by atoms with Crippen molar-refractivity contribution in [2.45, 2.75) is 25.0 Å². The molecule has 0 saturated heterocycles. The maximum Gasteiger partial charge on any atom is 0.193 e. The Balaban J connectivity index is 1.66. The molecule has 0 amide bonds. The third kappa shape index (κ3) is 3.94. The number of hydrogen-bond acceptors (Lipinski definition) is 2. The number of ether oxygens (including phenoxy) is 1. The van der Waals surface area contributed by atoms with Crippen molar-refractivity contribution in [3.63, 3.8) is 0 Å². The SMILES string of the molecule is COCc1ccccc1NC(N)=N[C@@H]1C[C@H]1c1ccc(Br)c(F)c1. The number of anilines is 1. The number of nitrogens with two attached hydrogens (primary N) is 1. The fourth-order valence-electron chi connectivity index (χ4n) is 2.70. The third-order valence-electron chi connectivity index (χ3n) is 4.01. The molecule has 126 valence electrons. The van der Waals surface area contributed by atoms with Gasteiger partial charge < -0.3 is 15.8 Å². The Morgan fingerprint density at radius 2 is 2.17 bits per heavy atom. The van der Waals surface area contributed by atoms with Crippen LogP contribution in [-0.4, -0.2) is 19.1 Å². The number of halogens is 2. The van der Waals surface area contributed by atoms with Crippen LogP contribution in [0.2, 0.25) is 0 Å². The number of rotatable bonds is 5. The molecule has 24 heavy (non-hydrogen) atoms. The van der Waals surface area contributed by atoms with Crippen LogP contribution in [0.4, 0.5) is 10.1 Å². The molecule has 1 aliphatic carbocycles. The summed E-state index contributed by atoms with van der Waals surface area (Å²) < 4.78 is 19.3. The molecule has 2 aromatic carbocycles. The highest BCUT2D eigenvalue weighted by molar-refractivity contribution is 9.10. The number of para-hydroxylation sites is 1. The largest absolute Gasteiger partial charge is 0.380 e. The summed E-state index contributed by atoms with van der Waals surface area (Å²) in [6.07, 6.45) is 0.878. The molecule has 0 radical (unpaired) electrons. The maximum atomic E-state index is 13.6. The van der Waals surface area contributed by atoms with Crippen LogP contribution < -0.4 is 11.1 Å². The highest BCUT2D eigenvalue weighted by atomic mass is 79.9. The quantitative estimate of drug-likeness (QED) is 0.597. The predicted octanol–water partition coefficient (Wildman–Crippen LogP) is 4.02. The van der Waals surface area contributed by atoms with Crippen LogP contribution in [0.25, 0.3) is 0 Å². The summed E-state index contributed by atoms with van der Waals surface area (Å²) in [6, 6.07) is 13.1. The van der Waals surface area contributed by atoms with Gasteiger partial charge in [-0.1, -0.05) is 24.3 Å². The topological polar surface area (TPSA) is 59.6 Å². The van der Waals surface area contributed by atoms with E-state index in [9.17, 15) is 4.39 Å². The van der Waals surface area contributed by atoms with Crippen molar-refractivity contribution in [1.82, 2.24) is 0 Å². The summed E-state index contributed by atoms with van der Waals surface area (Å²) >= 11 is 3.17. The lowest BCUT2D eigenvalue weighted by Crippen LogP contribution is -2.24. The number of guanidine groups is 1. The molecule has 4 nitrogen and oxygen atoms in total. The number of hydrogen-bond donors (Lipinski definition) is 2. The van der Waals surface area contributed by atoms with Gasteiger partial charge in [0.1, 0.15) is 5.82 Å². The molecule has 0 unspecified atom stereocenters. The number of methoxy groups -OCH3 is 1. The van der Waals surface area contributed by atoms with E-state index in [0.717, 1.165) is 23.2 Å². The Bertz CT molecular complexity index is 766. The molecule has 0 bridgehead atoms. The van der Waals surface area contributed by atoms with E-state index in [1.165, 1.54) is 0 Å². The van der Waals surface area contributed by atoms with Gasteiger partial charge in [0.05, 0.1) is 17.1 Å². The molecule has 6 heteroatoms. The number of nitrogens with zero attached hydrogens (tertiary/aromatic N) is 1. The molecule has 0 aromatic heterocycles. The first-order valence-electron chi connectivity index (χ1n) is 7.70. The van der Waals surface area contributed by atoms with Gasteiger partial charge in [-0.15, -0.1) is 0 Å². The molecule has 3 rings (SSSR count). The maximum absolute atomic E-state index is 13.6. The highest BCUT2D eigenvalue weighted by Gasteiger charge is 2.38. The number of nitrogens with one attached hydrogen (secondary N) is 1. The van der Waals surface area contributed by atoms with Gasteiger partial charge in [0.25, 0.3) is 0 Å². The molecule has 0 heterocycles. The van der Waals surface area contributed by atoms with E-state index >= 15 is 0 Å². The minimum absolute atomic E-state index is 0.0904. The van der Waals surface area contributed by atoms with Gasteiger partial charge in [-0.3, -0.25) is 0 Å². The third-order valence-corrected chi connectivity index (χ3v) is 4.66. The molecule has 1 fully saturated rings. The molecule has 2 aromatic rings. The lowest BCUT2D eigenvalue weighted by Gasteiger charge is -2.10. The minimum atomic E-state index is -0.248. The van der Waals surface area contributed by atoms with E-state index < -0.39 is 0 Å².